The van der Waals surface area contributed by atoms with Crippen LogP contribution in [0.2, 0.25) is 0 Å². The highest BCUT2D eigenvalue weighted by Crippen LogP contribution is 2.14. The van der Waals surface area contributed by atoms with Gasteiger partial charge in [0.15, 0.2) is 5.89 Å². The van der Waals surface area contributed by atoms with Crippen molar-refractivity contribution in [3.8, 4) is 5.75 Å². The SMILES string of the molecule is CCc1ncc(CNC(=O)c2c[nH]c(=O)cc2OC)o1. The second-order valence-electron chi connectivity index (χ2n) is 4.04. The summed E-state index contributed by atoms with van der Waals surface area (Å²) in [5.74, 6) is 1.04. The average Bonchev–Trinajstić information content (AvgIpc) is 2.92. The van der Waals surface area contributed by atoms with Crippen molar-refractivity contribution in [1.82, 2.24) is 15.3 Å². The number of pyridine rings is 1. The van der Waals surface area contributed by atoms with Crippen LogP contribution in [-0.2, 0) is 13.0 Å². The zero-order valence-corrected chi connectivity index (χ0v) is 11.2. The molecule has 7 heteroatoms. The Balaban J connectivity index is 2.06. The van der Waals surface area contributed by atoms with E-state index in [4.69, 9.17) is 9.15 Å². The second kappa shape index (κ2) is 6.05. The van der Waals surface area contributed by atoms with E-state index in [1.54, 1.807) is 6.20 Å². The van der Waals surface area contributed by atoms with Crippen LogP contribution in [0.3, 0.4) is 0 Å². The lowest BCUT2D eigenvalue weighted by Crippen LogP contribution is -2.24. The van der Waals surface area contributed by atoms with Gasteiger partial charge in [0.05, 0.1) is 25.4 Å². The van der Waals surface area contributed by atoms with E-state index in [0.717, 1.165) is 0 Å². The summed E-state index contributed by atoms with van der Waals surface area (Å²) in [7, 11) is 1.40. The molecule has 0 atom stereocenters. The molecule has 2 rings (SSSR count). The zero-order valence-electron chi connectivity index (χ0n) is 11.2. The lowest BCUT2D eigenvalue weighted by molar-refractivity contribution is 0.0944. The van der Waals surface area contributed by atoms with Crippen LogP contribution in [0.25, 0.3) is 0 Å². The van der Waals surface area contributed by atoms with Gasteiger partial charge in [-0.3, -0.25) is 9.59 Å². The predicted molar refractivity (Wildman–Crippen MR) is 70.7 cm³/mol. The van der Waals surface area contributed by atoms with Crippen LogP contribution in [0.5, 0.6) is 5.75 Å². The monoisotopic (exact) mass is 277 g/mol. The molecule has 1 amide bonds. The maximum absolute atomic E-state index is 12.0. The molecule has 0 aliphatic carbocycles. The third-order valence-corrected chi connectivity index (χ3v) is 2.68. The van der Waals surface area contributed by atoms with E-state index in [1.165, 1.54) is 19.4 Å². The van der Waals surface area contributed by atoms with Gasteiger partial charge in [-0.2, -0.15) is 0 Å². The van der Waals surface area contributed by atoms with Gasteiger partial charge in [-0.25, -0.2) is 4.98 Å². The fourth-order valence-corrected chi connectivity index (χ4v) is 1.66. The van der Waals surface area contributed by atoms with Crippen LogP contribution in [0.1, 0.15) is 28.9 Å². The third-order valence-electron chi connectivity index (χ3n) is 2.68. The van der Waals surface area contributed by atoms with Crippen molar-refractivity contribution < 1.29 is 13.9 Å². The molecule has 7 nitrogen and oxygen atoms in total. The molecule has 106 valence electrons. The minimum Gasteiger partial charge on any atom is -0.496 e. The van der Waals surface area contributed by atoms with Crippen LogP contribution >= 0.6 is 0 Å². The van der Waals surface area contributed by atoms with Gasteiger partial charge in [0, 0.05) is 18.7 Å². The number of aryl methyl sites for hydroxylation is 1. The van der Waals surface area contributed by atoms with Gasteiger partial charge in [-0.15, -0.1) is 0 Å². The molecule has 0 aromatic carbocycles. The number of oxazole rings is 1. The van der Waals surface area contributed by atoms with E-state index in [9.17, 15) is 9.59 Å². The topological polar surface area (TPSA) is 97.2 Å². The Morgan fingerprint density at radius 1 is 1.55 bits per heavy atom. The molecule has 0 fully saturated rings. The number of methoxy groups -OCH3 is 1. The van der Waals surface area contributed by atoms with Crippen molar-refractivity contribution in [2.75, 3.05) is 7.11 Å². The highest BCUT2D eigenvalue weighted by Gasteiger charge is 2.13. The Hall–Kier alpha value is -2.57. The van der Waals surface area contributed by atoms with Gasteiger partial charge >= 0.3 is 0 Å². The number of hydrogen-bond acceptors (Lipinski definition) is 5. The number of rotatable bonds is 5. The molecular weight excluding hydrogens is 262 g/mol. The van der Waals surface area contributed by atoms with Gasteiger partial charge in [-0.1, -0.05) is 6.92 Å². The van der Waals surface area contributed by atoms with E-state index in [0.29, 0.717) is 18.1 Å². The average molecular weight is 277 g/mol. The largest absolute Gasteiger partial charge is 0.496 e. The molecule has 2 aromatic heterocycles. The Kier molecular flexibility index (Phi) is 4.19. The molecule has 0 radical (unpaired) electrons. The summed E-state index contributed by atoms with van der Waals surface area (Å²) in [6.07, 6.45) is 3.58. The van der Waals surface area contributed by atoms with Gasteiger partial charge in [0.1, 0.15) is 11.5 Å². The number of hydrogen-bond donors (Lipinski definition) is 2. The summed E-state index contributed by atoms with van der Waals surface area (Å²) < 4.78 is 10.4. The summed E-state index contributed by atoms with van der Waals surface area (Å²) in [5, 5.41) is 2.67. The number of carbonyl (C=O) groups excluding carboxylic acids is 1. The molecule has 0 unspecified atom stereocenters. The number of ether oxygens (including phenoxy) is 1. The number of nitrogens with one attached hydrogen (secondary N) is 2. The minimum atomic E-state index is -0.368. The molecule has 0 saturated heterocycles. The molecule has 0 bridgehead atoms. The zero-order chi connectivity index (χ0) is 14.5. The quantitative estimate of drug-likeness (QED) is 0.845. The van der Waals surface area contributed by atoms with Crippen LogP contribution in [0.15, 0.2) is 27.7 Å². The van der Waals surface area contributed by atoms with Crippen LogP contribution in [-0.4, -0.2) is 23.0 Å². The normalized spacial score (nSPS) is 10.3. The van der Waals surface area contributed by atoms with Crippen molar-refractivity contribution in [3.63, 3.8) is 0 Å². The molecule has 0 spiro atoms. The Morgan fingerprint density at radius 2 is 2.35 bits per heavy atom. The van der Waals surface area contributed by atoms with E-state index in [1.807, 2.05) is 6.92 Å². The van der Waals surface area contributed by atoms with Gasteiger partial charge in [0.2, 0.25) is 0 Å². The fourth-order valence-electron chi connectivity index (χ4n) is 1.66. The Morgan fingerprint density at radius 3 is 3.00 bits per heavy atom. The summed E-state index contributed by atoms with van der Waals surface area (Å²) in [6.45, 7) is 2.15. The van der Waals surface area contributed by atoms with Crippen molar-refractivity contribution >= 4 is 5.91 Å². The number of H-pyrrole nitrogens is 1. The molecule has 0 saturated carbocycles. The van der Waals surface area contributed by atoms with Crippen molar-refractivity contribution in [2.45, 2.75) is 19.9 Å². The number of aromatic nitrogens is 2. The first-order chi connectivity index (χ1) is 9.63. The lowest BCUT2D eigenvalue weighted by Gasteiger charge is -2.07. The van der Waals surface area contributed by atoms with Crippen LogP contribution in [0.4, 0.5) is 0 Å². The first-order valence-electron chi connectivity index (χ1n) is 6.12. The van der Waals surface area contributed by atoms with E-state index in [-0.39, 0.29) is 29.3 Å². The van der Waals surface area contributed by atoms with E-state index >= 15 is 0 Å². The molecular formula is C13H15N3O4. The molecule has 20 heavy (non-hydrogen) atoms. The molecule has 2 N–H and O–H groups in total. The second-order valence-corrected chi connectivity index (χ2v) is 4.04. The molecule has 2 heterocycles. The summed E-state index contributed by atoms with van der Waals surface area (Å²) in [4.78, 5) is 29.6. The summed E-state index contributed by atoms with van der Waals surface area (Å²) in [6, 6.07) is 1.22. The predicted octanol–water partition coefficient (Wildman–Crippen LogP) is 0.864. The number of amides is 1. The fraction of sp³-hybridized carbons (Fsp3) is 0.308. The first-order valence-corrected chi connectivity index (χ1v) is 6.12. The summed E-state index contributed by atoms with van der Waals surface area (Å²) in [5.41, 5.74) is -0.0800. The van der Waals surface area contributed by atoms with Crippen molar-refractivity contribution in [3.05, 3.63) is 46.0 Å². The van der Waals surface area contributed by atoms with Crippen molar-refractivity contribution in [2.24, 2.45) is 0 Å². The molecule has 0 aliphatic heterocycles. The maximum atomic E-state index is 12.0. The van der Waals surface area contributed by atoms with E-state index < -0.39 is 0 Å². The Bertz CT molecular complexity index is 660. The first kappa shape index (κ1) is 13.9. The van der Waals surface area contributed by atoms with Gasteiger partial charge < -0.3 is 19.5 Å². The maximum Gasteiger partial charge on any atom is 0.256 e. The Labute approximate surface area is 115 Å². The van der Waals surface area contributed by atoms with Crippen molar-refractivity contribution in [1.29, 1.82) is 0 Å². The standard InChI is InChI=1S/C13H15N3O4/c1-3-12-15-5-8(20-12)6-16-13(18)9-7-14-11(17)4-10(9)19-2/h4-5,7H,3,6H2,1-2H3,(H,14,17)(H,16,18). The van der Waals surface area contributed by atoms with Crippen LogP contribution < -0.4 is 15.6 Å². The number of aromatic amines is 1. The van der Waals surface area contributed by atoms with Crippen LogP contribution in [0, 0.1) is 0 Å². The van der Waals surface area contributed by atoms with Gasteiger partial charge in [-0.05, 0) is 0 Å². The third kappa shape index (κ3) is 3.05. The number of nitrogens with zero attached hydrogens (tertiary/aromatic N) is 1. The molecule has 0 aliphatic rings. The number of carbonyl (C=O) groups is 1. The highest BCUT2D eigenvalue weighted by atomic mass is 16.5. The minimum absolute atomic E-state index is 0.216. The smallest absolute Gasteiger partial charge is 0.256 e. The van der Waals surface area contributed by atoms with Gasteiger partial charge in [0.25, 0.3) is 11.5 Å². The van der Waals surface area contributed by atoms with E-state index in [2.05, 4.69) is 15.3 Å². The molecule has 2 aromatic rings. The summed E-state index contributed by atoms with van der Waals surface area (Å²) >= 11 is 0. The lowest BCUT2D eigenvalue weighted by atomic mass is 10.2. The highest BCUT2D eigenvalue weighted by molar-refractivity contribution is 5.96.